The van der Waals surface area contributed by atoms with Crippen LogP contribution in [0.3, 0.4) is 0 Å². The second-order valence-corrected chi connectivity index (χ2v) is 10.7. The molecule has 0 unspecified atom stereocenters. The highest BCUT2D eigenvalue weighted by Gasteiger charge is 2.29. The molecule has 0 aromatic heterocycles. The van der Waals surface area contributed by atoms with Crippen molar-refractivity contribution in [3.05, 3.63) is 100 Å². The zero-order valence-corrected chi connectivity index (χ0v) is 20.1. The lowest BCUT2D eigenvalue weighted by molar-refractivity contribution is -0.122. The fourth-order valence-corrected chi connectivity index (χ4v) is 5.78. The Morgan fingerprint density at radius 2 is 1.73 bits per heavy atom. The van der Waals surface area contributed by atoms with Crippen LogP contribution < -0.4 is 5.32 Å². The molecule has 3 aromatic carbocycles. The summed E-state index contributed by atoms with van der Waals surface area (Å²) in [5.41, 5.74) is 3.94. The van der Waals surface area contributed by atoms with E-state index in [0.29, 0.717) is 10.6 Å². The first-order valence-corrected chi connectivity index (χ1v) is 12.8. The maximum absolute atomic E-state index is 13.5. The molecule has 1 atom stereocenters. The van der Waals surface area contributed by atoms with E-state index >= 15 is 0 Å². The molecule has 0 saturated carbocycles. The number of amides is 1. The number of sulfonamides is 1. The van der Waals surface area contributed by atoms with Crippen LogP contribution in [0.15, 0.2) is 77.7 Å². The van der Waals surface area contributed by atoms with E-state index in [0.717, 1.165) is 30.4 Å². The molecule has 0 aliphatic heterocycles. The fourth-order valence-electron chi connectivity index (χ4n) is 4.21. The van der Waals surface area contributed by atoms with Gasteiger partial charge < -0.3 is 5.32 Å². The van der Waals surface area contributed by atoms with E-state index in [1.807, 2.05) is 25.1 Å². The molecular weight excluding hydrogens is 456 g/mol. The Kier molecular flexibility index (Phi) is 7.17. The Labute approximate surface area is 200 Å². The molecule has 0 heterocycles. The lowest BCUT2D eigenvalue weighted by Crippen LogP contribution is -2.42. The van der Waals surface area contributed by atoms with Crippen molar-refractivity contribution in [2.75, 3.05) is 6.54 Å². The number of fused-ring (bicyclic) bond motifs is 1. The minimum atomic E-state index is -3.92. The van der Waals surface area contributed by atoms with Crippen molar-refractivity contribution in [3.63, 3.8) is 0 Å². The van der Waals surface area contributed by atoms with E-state index in [2.05, 4.69) is 11.4 Å². The number of hydrogen-bond donors (Lipinski definition) is 1. The second-order valence-electron chi connectivity index (χ2n) is 8.39. The van der Waals surface area contributed by atoms with E-state index in [9.17, 15) is 13.2 Å². The van der Waals surface area contributed by atoms with Crippen molar-refractivity contribution in [1.29, 1.82) is 0 Å². The molecule has 1 amide bonds. The summed E-state index contributed by atoms with van der Waals surface area (Å²) in [6.07, 6.45) is 2.80. The molecule has 0 saturated heterocycles. The number of aryl methyl sites for hydroxylation is 2. The first kappa shape index (κ1) is 23.5. The third kappa shape index (κ3) is 5.46. The molecular formula is C26H27ClN2O3S. The summed E-state index contributed by atoms with van der Waals surface area (Å²) < 4.78 is 28.2. The summed E-state index contributed by atoms with van der Waals surface area (Å²) in [6, 6.07) is 21.7. The maximum Gasteiger partial charge on any atom is 0.243 e. The van der Waals surface area contributed by atoms with E-state index in [1.54, 1.807) is 48.5 Å². The van der Waals surface area contributed by atoms with Crippen LogP contribution >= 0.6 is 11.6 Å². The molecule has 0 bridgehead atoms. The summed E-state index contributed by atoms with van der Waals surface area (Å²) in [5.74, 6) is -0.334. The van der Waals surface area contributed by atoms with Crippen LogP contribution in [-0.4, -0.2) is 25.2 Å². The summed E-state index contributed by atoms with van der Waals surface area (Å²) in [4.78, 5) is 13.2. The first-order chi connectivity index (χ1) is 15.8. The molecule has 33 heavy (non-hydrogen) atoms. The van der Waals surface area contributed by atoms with E-state index in [1.165, 1.54) is 9.87 Å². The van der Waals surface area contributed by atoms with E-state index < -0.39 is 10.0 Å². The number of rotatable bonds is 7. The van der Waals surface area contributed by atoms with Crippen LogP contribution in [0.4, 0.5) is 0 Å². The van der Waals surface area contributed by atoms with Gasteiger partial charge in [0.25, 0.3) is 0 Å². The van der Waals surface area contributed by atoms with Crippen molar-refractivity contribution in [2.24, 2.45) is 0 Å². The summed E-state index contributed by atoms with van der Waals surface area (Å²) >= 11 is 6.31. The number of benzene rings is 3. The Balaban J connectivity index is 1.59. The van der Waals surface area contributed by atoms with Crippen LogP contribution in [0, 0.1) is 6.92 Å². The number of hydrogen-bond acceptors (Lipinski definition) is 3. The van der Waals surface area contributed by atoms with Gasteiger partial charge in [-0.1, -0.05) is 71.8 Å². The molecule has 4 rings (SSSR count). The van der Waals surface area contributed by atoms with E-state index in [-0.39, 0.29) is 29.9 Å². The van der Waals surface area contributed by atoms with E-state index in [4.69, 9.17) is 11.6 Å². The smallest absolute Gasteiger partial charge is 0.243 e. The third-order valence-corrected chi connectivity index (χ3v) is 8.16. The Bertz CT molecular complexity index is 1240. The number of nitrogens with one attached hydrogen (secondary N) is 1. The van der Waals surface area contributed by atoms with Gasteiger partial charge in [-0.05, 0) is 61.1 Å². The highest BCUT2D eigenvalue weighted by Crippen LogP contribution is 2.29. The molecule has 3 aromatic rings. The molecule has 0 radical (unpaired) electrons. The van der Waals surface area contributed by atoms with Crippen molar-refractivity contribution in [3.8, 4) is 0 Å². The number of nitrogens with zero attached hydrogens (tertiary/aromatic N) is 1. The topological polar surface area (TPSA) is 66.5 Å². The highest BCUT2D eigenvalue weighted by atomic mass is 35.5. The zero-order valence-electron chi connectivity index (χ0n) is 18.5. The van der Waals surface area contributed by atoms with Gasteiger partial charge in [0.1, 0.15) is 0 Å². The predicted molar refractivity (Wildman–Crippen MR) is 130 cm³/mol. The molecule has 1 N–H and O–H groups in total. The molecule has 5 nitrogen and oxygen atoms in total. The normalized spacial score (nSPS) is 15.8. The SMILES string of the molecule is Cc1ccc(S(=O)(=O)N(CC(=O)N[C@@H]2CCCc3ccccc32)Cc2ccccc2Cl)cc1. The molecule has 7 heteroatoms. The maximum atomic E-state index is 13.5. The average Bonchev–Trinajstić information content (AvgIpc) is 2.80. The van der Waals surface area contributed by atoms with Gasteiger partial charge in [-0.3, -0.25) is 4.79 Å². The van der Waals surface area contributed by atoms with Gasteiger partial charge in [0, 0.05) is 11.6 Å². The number of halogens is 1. The van der Waals surface area contributed by atoms with Gasteiger partial charge in [-0.15, -0.1) is 0 Å². The van der Waals surface area contributed by atoms with Crippen molar-refractivity contribution in [2.45, 2.75) is 43.7 Å². The van der Waals surface area contributed by atoms with Crippen molar-refractivity contribution >= 4 is 27.5 Å². The Morgan fingerprint density at radius 1 is 1.03 bits per heavy atom. The lowest BCUT2D eigenvalue weighted by atomic mass is 9.88. The van der Waals surface area contributed by atoms with Gasteiger partial charge in [0.15, 0.2) is 0 Å². The van der Waals surface area contributed by atoms with Gasteiger partial charge >= 0.3 is 0 Å². The Hall–Kier alpha value is -2.67. The van der Waals surface area contributed by atoms with Crippen LogP contribution in [-0.2, 0) is 27.8 Å². The van der Waals surface area contributed by atoms with Crippen LogP contribution in [0.25, 0.3) is 0 Å². The minimum Gasteiger partial charge on any atom is -0.348 e. The standard InChI is InChI=1S/C26H27ClN2O3S/c1-19-13-15-22(16-14-19)33(31,32)29(17-21-8-3-5-11-24(21)27)18-26(30)28-25-12-6-9-20-7-2-4-10-23(20)25/h2-5,7-8,10-11,13-16,25H,6,9,12,17-18H2,1H3,(H,28,30)/t25-/m1/s1. The molecule has 0 fully saturated rings. The first-order valence-electron chi connectivity index (χ1n) is 11.0. The van der Waals surface area contributed by atoms with Crippen molar-refractivity contribution < 1.29 is 13.2 Å². The molecule has 172 valence electrons. The molecule has 1 aliphatic rings. The average molecular weight is 483 g/mol. The second kappa shape index (κ2) is 10.1. The zero-order chi connectivity index (χ0) is 23.4. The monoisotopic (exact) mass is 482 g/mol. The largest absolute Gasteiger partial charge is 0.348 e. The van der Waals surface area contributed by atoms with Gasteiger partial charge in [-0.25, -0.2) is 8.42 Å². The molecule has 1 aliphatic carbocycles. The minimum absolute atomic E-state index is 0.00452. The highest BCUT2D eigenvalue weighted by molar-refractivity contribution is 7.89. The quantitative estimate of drug-likeness (QED) is 0.513. The van der Waals surface area contributed by atoms with Gasteiger partial charge in [0.05, 0.1) is 17.5 Å². The third-order valence-electron chi connectivity index (χ3n) is 5.99. The summed E-state index contributed by atoms with van der Waals surface area (Å²) in [5, 5.41) is 3.52. The summed E-state index contributed by atoms with van der Waals surface area (Å²) in [6.45, 7) is 1.61. The molecule has 0 spiro atoms. The fraction of sp³-hybridized carbons (Fsp3) is 0.269. The Morgan fingerprint density at radius 3 is 2.48 bits per heavy atom. The summed E-state index contributed by atoms with van der Waals surface area (Å²) in [7, 11) is -3.92. The van der Waals surface area contributed by atoms with Gasteiger partial charge in [0.2, 0.25) is 15.9 Å². The van der Waals surface area contributed by atoms with Crippen LogP contribution in [0.1, 0.15) is 41.1 Å². The predicted octanol–water partition coefficient (Wildman–Crippen LogP) is 5.03. The number of carbonyl (C=O) groups is 1. The van der Waals surface area contributed by atoms with Crippen LogP contribution in [0.5, 0.6) is 0 Å². The number of carbonyl (C=O) groups excluding carboxylic acids is 1. The lowest BCUT2D eigenvalue weighted by Gasteiger charge is -2.28. The van der Waals surface area contributed by atoms with Gasteiger partial charge in [-0.2, -0.15) is 4.31 Å². The van der Waals surface area contributed by atoms with Crippen molar-refractivity contribution in [1.82, 2.24) is 9.62 Å². The van der Waals surface area contributed by atoms with Crippen LogP contribution in [0.2, 0.25) is 5.02 Å².